The van der Waals surface area contributed by atoms with Crippen LogP contribution < -0.4 is 4.90 Å². The van der Waals surface area contributed by atoms with Gasteiger partial charge in [-0.1, -0.05) is 176 Å². The van der Waals surface area contributed by atoms with Gasteiger partial charge in [0, 0.05) is 38.8 Å². The number of rotatable bonds is 7. The van der Waals surface area contributed by atoms with Gasteiger partial charge < -0.3 is 9.47 Å². The molecule has 0 aliphatic heterocycles. The molecule has 0 spiro atoms. The van der Waals surface area contributed by atoms with Gasteiger partial charge in [0.05, 0.1) is 16.7 Å². The molecule has 10 aromatic rings. The molecular formula is C52H36N2. The Morgan fingerprint density at radius 3 is 1.37 bits per heavy atom. The van der Waals surface area contributed by atoms with Crippen molar-refractivity contribution in [1.82, 2.24) is 4.57 Å². The lowest BCUT2D eigenvalue weighted by Crippen LogP contribution is -2.10. The number of aromatic nitrogens is 1. The van der Waals surface area contributed by atoms with Crippen molar-refractivity contribution in [1.29, 1.82) is 0 Å². The predicted molar refractivity (Wildman–Crippen MR) is 229 cm³/mol. The normalized spacial score (nSPS) is 11.3. The third-order valence-corrected chi connectivity index (χ3v) is 10.6. The highest BCUT2D eigenvalue weighted by atomic mass is 15.1. The Hall–Kier alpha value is -7.16. The maximum Gasteiger partial charge on any atom is 0.0640 e. The van der Waals surface area contributed by atoms with Crippen LogP contribution in [0.1, 0.15) is 0 Å². The first kappa shape index (κ1) is 31.6. The van der Waals surface area contributed by atoms with Crippen molar-refractivity contribution in [2.45, 2.75) is 0 Å². The third-order valence-electron chi connectivity index (χ3n) is 10.6. The standard InChI is InChI=1S/C52H36N2/c1-5-16-37(17-6-1)39-28-32-44(33-29-39)53(45-34-30-40(31-35-45)38-18-7-2-8-19-38)49-36-42-22-13-14-25-47(42)52-50(49)48-27-15-26-46(41-20-9-3-10-21-41)51(48)54(52)43-23-11-4-12-24-43/h1-36H. The Morgan fingerprint density at radius 2 is 0.796 bits per heavy atom. The summed E-state index contributed by atoms with van der Waals surface area (Å²) in [5, 5.41) is 4.83. The van der Waals surface area contributed by atoms with Gasteiger partial charge in [0.25, 0.3) is 0 Å². The molecule has 1 heterocycles. The van der Waals surface area contributed by atoms with E-state index in [2.05, 4.69) is 228 Å². The number of hydrogen-bond donors (Lipinski definition) is 0. The van der Waals surface area contributed by atoms with Crippen molar-refractivity contribution in [3.63, 3.8) is 0 Å². The molecule has 0 unspecified atom stereocenters. The highest BCUT2D eigenvalue weighted by Gasteiger charge is 2.25. The van der Waals surface area contributed by atoms with Crippen LogP contribution in [0.5, 0.6) is 0 Å². The Labute approximate surface area is 315 Å². The molecule has 0 atom stereocenters. The minimum absolute atomic E-state index is 1.10. The maximum absolute atomic E-state index is 2.49. The Kier molecular flexibility index (Phi) is 7.85. The Morgan fingerprint density at radius 1 is 0.333 bits per heavy atom. The summed E-state index contributed by atoms with van der Waals surface area (Å²) in [6.45, 7) is 0. The van der Waals surface area contributed by atoms with E-state index in [1.165, 1.54) is 66.0 Å². The molecule has 9 aromatic carbocycles. The van der Waals surface area contributed by atoms with Crippen LogP contribution in [-0.4, -0.2) is 4.57 Å². The van der Waals surface area contributed by atoms with Crippen LogP contribution in [0.25, 0.3) is 71.6 Å². The molecule has 254 valence electrons. The first-order valence-corrected chi connectivity index (χ1v) is 18.5. The quantitative estimate of drug-likeness (QED) is 0.162. The highest BCUT2D eigenvalue weighted by molar-refractivity contribution is 6.26. The van der Waals surface area contributed by atoms with Crippen molar-refractivity contribution in [3.05, 3.63) is 218 Å². The molecule has 1 aromatic heterocycles. The first-order valence-electron chi connectivity index (χ1n) is 18.5. The second kappa shape index (κ2) is 13.4. The van der Waals surface area contributed by atoms with E-state index < -0.39 is 0 Å². The van der Waals surface area contributed by atoms with Gasteiger partial charge in [-0.25, -0.2) is 0 Å². The summed E-state index contributed by atoms with van der Waals surface area (Å²) >= 11 is 0. The molecule has 0 N–H and O–H groups in total. The minimum atomic E-state index is 1.10. The smallest absolute Gasteiger partial charge is 0.0640 e. The second-order valence-electron chi connectivity index (χ2n) is 13.7. The van der Waals surface area contributed by atoms with Gasteiger partial charge in [-0.05, 0) is 75.7 Å². The molecule has 0 aliphatic rings. The van der Waals surface area contributed by atoms with Crippen LogP contribution in [0.15, 0.2) is 218 Å². The van der Waals surface area contributed by atoms with Gasteiger partial charge in [0.15, 0.2) is 0 Å². The summed E-state index contributed by atoms with van der Waals surface area (Å²) < 4.78 is 2.49. The van der Waals surface area contributed by atoms with E-state index in [4.69, 9.17) is 0 Å². The van der Waals surface area contributed by atoms with Crippen molar-refractivity contribution < 1.29 is 0 Å². The van der Waals surface area contributed by atoms with Crippen molar-refractivity contribution >= 4 is 49.6 Å². The summed E-state index contributed by atoms with van der Waals surface area (Å²) in [4.78, 5) is 2.45. The molecule has 10 rings (SSSR count). The molecule has 2 nitrogen and oxygen atoms in total. The lowest BCUT2D eigenvalue weighted by atomic mass is 9.99. The third kappa shape index (κ3) is 5.44. The van der Waals surface area contributed by atoms with Crippen molar-refractivity contribution in [2.24, 2.45) is 0 Å². The molecule has 54 heavy (non-hydrogen) atoms. The number of hydrogen-bond acceptors (Lipinski definition) is 1. The predicted octanol–water partition coefficient (Wildman–Crippen LogP) is 14.4. The Balaban J connectivity index is 1.31. The van der Waals surface area contributed by atoms with E-state index in [1.54, 1.807) is 0 Å². The highest BCUT2D eigenvalue weighted by Crippen LogP contribution is 2.48. The van der Waals surface area contributed by atoms with Gasteiger partial charge in [0.1, 0.15) is 0 Å². The van der Waals surface area contributed by atoms with E-state index in [0.717, 1.165) is 22.7 Å². The number of anilines is 3. The lowest BCUT2D eigenvalue weighted by Gasteiger charge is -2.27. The largest absolute Gasteiger partial charge is 0.310 e. The van der Waals surface area contributed by atoms with Gasteiger partial charge in [-0.2, -0.15) is 0 Å². The van der Waals surface area contributed by atoms with Crippen LogP contribution in [-0.2, 0) is 0 Å². The van der Waals surface area contributed by atoms with Crippen LogP contribution in [0.4, 0.5) is 17.1 Å². The van der Waals surface area contributed by atoms with E-state index in [-0.39, 0.29) is 0 Å². The molecule has 0 bridgehead atoms. The van der Waals surface area contributed by atoms with Crippen LogP contribution >= 0.6 is 0 Å². The molecule has 0 saturated carbocycles. The second-order valence-corrected chi connectivity index (χ2v) is 13.7. The average Bonchev–Trinajstić information content (AvgIpc) is 3.62. The fourth-order valence-corrected chi connectivity index (χ4v) is 8.07. The topological polar surface area (TPSA) is 8.17 Å². The summed E-state index contributed by atoms with van der Waals surface area (Å²) in [5.41, 5.74) is 14.0. The lowest BCUT2D eigenvalue weighted by molar-refractivity contribution is 1.19. The van der Waals surface area contributed by atoms with Gasteiger partial charge in [-0.3, -0.25) is 0 Å². The van der Waals surface area contributed by atoms with Crippen LogP contribution in [0.3, 0.4) is 0 Å². The van der Waals surface area contributed by atoms with E-state index >= 15 is 0 Å². The summed E-state index contributed by atoms with van der Waals surface area (Å²) in [6.07, 6.45) is 0. The van der Waals surface area contributed by atoms with E-state index in [0.29, 0.717) is 0 Å². The number of nitrogens with zero attached hydrogens (tertiary/aromatic N) is 2. The Bertz CT molecular complexity index is 2790. The molecule has 0 aliphatic carbocycles. The fourth-order valence-electron chi connectivity index (χ4n) is 8.07. The summed E-state index contributed by atoms with van der Waals surface area (Å²) in [7, 11) is 0. The molecule has 0 saturated heterocycles. The number of benzene rings is 9. The van der Waals surface area contributed by atoms with Gasteiger partial charge >= 0.3 is 0 Å². The number of para-hydroxylation sites is 2. The van der Waals surface area contributed by atoms with Crippen molar-refractivity contribution in [3.8, 4) is 39.1 Å². The molecule has 2 heteroatoms. The molecule has 0 amide bonds. The van der Waals surface area contributed by atoms with Crippen molar-refractivity contribution in [2.75, 3.05) is 4.90 Å². The first-order chi connectivity index (χ1) is 26.8. The van der Waals surface area contributed by atoms with E-state index in [1.807, 2.05) is 0 Å². The zero-order valence-electron chi connectivity index (χ0n) is 29.7. The van der Waals surface area contributed by atoms with Gasteiger partial charge in [-0.15, -0.1) is 0 Å². The monoisotopic (exact) mass is 688 g/mol. The molecular weight excluding hydrogens is 653 g/mol. The molecule has 0 radical (unpaired) electrons. The zero-order valence-corrected chi connectivity index (χ0v) is 29.7. The summed E-state index contributed by atoms with van der Waals surface area (Å²) in [6, 6.07) is 78.9. The maximum atomic E-state index is 2.49. The van der Waals surface area contributed by atoms with Crippen LogP contribution in [0.2, 0.25) is 0 Å². The molecule has 0 fully saturated rings. The SMILES string of the molecule is c1ccc(-c2ccc(N(c3ccc(-c4ccccc4)cc3)c3cc4ccccc4c4c3c3cccc(-c5ccccc5)c3n4-c3ccccc3)cc2)cc1. The minimum Gasteiger partial charge on any atom is -0.310 e. The zero-order chi connectivity index (χ0) is 35.8. The average molecular weight is 689 g/mol. The van der Waals surface area contributed by atoms with Crippen LogP contribution in [0, 0.1) is 0 Å². The van der Waals surface area contributed by atoms with Gasteiger partial charge in [0.2, 0.25) is 0 Å². The summed E-state index contributed by atoms with van der Waals surface area (Å²) in [5.74, 6) is 0. The van der Waals surface area contributed by atoms with E-state index in [9.17, 15) is 0 Å². The fraction of sp³-hybridized carbons (Fsp3) is 0. The number of fused-ring (bicyclic) bond motifs is 5.